The van der Waals surface area contributed by atoms with Gasteiger partial charge in [-0.1, -0.05) is 30.3 Å². The molecule has 0 N–H and O–H groups in total. The van der Waals surface area contributed by atoms with Crippen LogP contribution in [0.1, 0.15) is 11.1 Å². The number of hydrogen-bond donors (Lipinski definition) is 0. The molecule has 0 heterocycles. The molecule has 0 spiro atoms. The first kappa shape index (κ1) is 8.29. The van der Waals surface area contributed by atoms with Crippen LogP contribution in [-0.4, -0.2) is 0 Å². The molecule has 0 saturated heterocycles. The van der Waals surface area contributed by atoms with E-state index in [1.807, 2.05) is 36.4 Å². The third-order valence-corrected chi connectivity index (χ3v) is 2.16. The quantitative estimate of drug-likeness (QED) is 0.622. The van der Waals surface area contributed by atoms with Crippen molar-refractivity contribution < 1.29 is 0 Å². The van der Waals surface area contributed by atoms with Gasteiger partial charge in [0, 0.05) is 5.39 Å². The van der Waals surface area contributed by atoms with Crippen LogP contribution in [0.15, 0.2) is 36.4 Å². The van der Waals surface area contributed by atoms with Gasteiger partial charge in [0.15, 0.2) is 0 Å². The molecule has 64 valence electrons. The summed E-state index contributed by atoms with van der Waals surface area (Å²) in [7, 11) is 0. The Hall–Kier alpha value is -2.32. The van der Waals surface area contributed by atoms with E-state index in [2.05, 4.69) is 6.07 Å². The minimum atomic E-state index is 0.436. The summed E-state index contributed by atoms with van der Waals surface area (Å²) in [5.41, 5.74) is 0.900. The van der Waals surface area contributed by atoms with Crippen molar-refractivity contribution in [1.29, 1.82) is 10.5 Å². The van der Waals surface area contributed by atoms with Gasteiger partial charge in [0.05, 0.1) is 11.1 Å². The molecule has 2 nitrogen and oxygen atoms in total. The van der Waals surface area contributed by atoms with Crippen molar-refractivity contribution >= 4 is 10.8 Å². The van der Waals surface area contributed by atoms with Gasteiger partial charge < -0.3 is 0 Å². The van der Waals surface area contributed by atoms with E-state index >= 15 is 0 Å². The summed E-state index contributed by atoms with van der Waals surface area (Å²) < 4.78 is 0. The smallest absolute Gasteiger partial charge is 0.101 e. The first-order valence-electron chi connectivity index (χ1n) is 4.19. The Morgan fingerprint density at radius 2 is 1.64 bits per heavy atom. The fourth-order valence-electron chi connectivity index (χ4n) is 1.49. The molecular formula is C12H6N2. The molecule has 0 fully saturated rings. The second-order valence-corrected chi connectivity index (χ2v) is 2.93. The average Bonchev–Trinajstić information content (AvgIpc) is 2.27. The Bertz CT molecular complexity index is 571. The van der Waals surface area contributed by atoms with E-state index in [0.29, 0.717) is 11.1 Å². The minimum absolute atomic E-state index is 0.436. The van der Waals surface area contributed by atoms with Crippen molar-refractivity contribution in [2.45, 2.75) is 0 Å². The maximum absolute atomic E-state index is 8.95. The Kier molecular flexibility index (Phi) is 1.89. The van der Waals surface area contributed by atoms with Crippen LogP contribution in [0.2, 0.25) is 0 Å². The molecule has 0 atom stereocenters. The number of nitriles is 2. The highest BCUT2D eigenvalue weighted by Crippen LogP contribution is 2.20. The Morgan fingerprint density at radius 3 is 2.36 bits per heavy atom. The first-order chi connectivity index (χ1) is 6.86. The lowest BCUT2D eigenvalue weighted by atomic mass is 10.0. The second kappa shape index (κ2) is 3.20. The van der Waals surface area contributed by atoms with E-state index in [9.17, 15) is 0 Å². The highest BCUT2D eigenvalue weighted by molar-refractivity contribution is 5.89. The normalized spacial score (nSPS) is 9.29. The van der Waals surface area contributed by atoms with Crippen molar-refractivity contribution in [2.24, 2.45) is 0 Å². The van der Waals surface area contributed by atoms with Crippen molar-refractivity contribution in [3.05, 3.63) is 47.5 Å². The molecular weight excluding hydrogens is 172 g/mol. The van der Waals surface area contributed by atoms with Gasteiger partial charge in [-0.2, -0.15) is 10.5 Å². The third kappa shape index (κ3) is 1.11. The molecule has 0 aliphatic heterocycles. The molecule has 0 aromatic heterocycles. The molecule has 0 saturated carbocycles. The lowest BCUT2D eigenvalue weighted by Crippen LogP contribution is -1.85. The molecule has 0 aliphatic rings. The maximum Gasteiger partial charge on any atom is 0.101 e. The minimum Gasteiger partial charge on any atom is -0.192 e. The largest absolute Gasteiger partial charge is 0.192 e. The predicted molar refractivity (Wildman–Crippen MR) is 53.4 cm³/mol. The molecule has 0 aliphatic carbocycles. The van der Waals surface area contributed by atoms with Crippen LogP contribution in [0.3, 0.4) is 0 Å². The number of rotatable bonds is 0. The van der Waals surface area contributed by atoms with Gasteiger partial charge >= 0.3 is 0 Å². The van der Waals surface area contributed by atoms with Gasteiger partial charge in [0.2, 0.25) is 0 Å². The molecule has 2 rings (SSSR count). The van der Waals surface area contributed by atoms with Gasteiger partial charge in [-0.3, -0.25) is 0 Å². The summed E-state index contributed by atoms with van der Waals surface area (Å²) in [5.74, 6) is 0. The lowest BCUT2D eigenvalue weighted by Gasteiger charge is -2.00. The van der Waals surface area contributed by atoms with E-state index in [1.165, 1.54) is 0 Å². The van der Waals surface area contributed by atoms with E-state index in [1.54, 1.807) is 6.07 Å². The van der Waals surface area contributed by atoms with Gasteiger partial charge in [0.25, 0.3) is 0 Å². The van der Waals surface area contributed by atoms with Crippen molar-refractivity contribution in [1.82, 2.24) is 0 Å². The van der Waals surface area contributed by atoms with Crippen LogP contribution in [0, 0.1) is 22.7 Å². The van der Waals surface area contributed by atoms with E-state index in [4.69, 9.17) is 10.5 Å². The third-order valence-electron chi connectivity index (χ3n) is 2.16. The van der Waals surface area contributed by atoms with Crippen molar-refractivity contribution in [3.8, 4) is 12.1 Å². The van der Waals surface area contributed by atoms with Gasteiger partial charge in [-0.25, -0.2) is 0 Å². The van der Waals surface area contributed by atoms with Crippen molar-refractivity contribution in [3.63, 3.8) is 0 Å². The van der Waals surface area contributed by atoms with Crippen LogP contribution in [0.4, 0.5) is 0 Å². The highest BCUT2D eigenvalue weighted by atomic mass is 14.3. The Labute approximate surface area is 81.6 Å². The number of nitrogens with zero attached hydrogens (tertiary/aromatic N) is 2. The molecule has 14 heavy (non-hydrogen) atoms. The SMILES string of the molecule is N#Cc1ccc2ccccc2c1C#N. The van der Waals surface area contributed by atoms with Gasteiger partial charge in [0.1, 0.15) is 12.1 Å². The zero-order valence-electron chi connectivity index (χ0n) is 7.36. The average molecular weight is 178 g/mol. The molecule has 0 radical (unpaired) electrons. The number of benzene rings is 2. The molecule has 0 bridgehead atoms. The number of hydrogen-bond acceptors (Lipinski definition) is 2. The van der Waals surface area contributed by atoms with Crippen LogP contribution in [0.5, 0.6) is 0 Å². The number of fused-ring (bicyclic) bond motifs is 1. The van der Waals surface area contributed by atoms with E-state index in [0.717, 1.165) is 10.8 Å². The maximum atomic E-state index is 8.95. The molecule has 2 aromatic rings. The lowest BCUT2D eigenvalue weighted by molar-refractivity contribution is 1.45. The summed E-state index contributed by atoms with van der Waals surface area (Å²) in [4.78, 5) is 0. The molecule has 2 aromatic carbocycles. The molecule has 0 unspecified atom stereocenters. The van der Waals surface area contributed by atoms with Crippen molar-refractivity contribution in [2.75, 3.05) is 0 Å². The van der Waals surface area contributed by atoms with Crippen LogP contribution >= 0.6 is 0 Å². The summed E-state index contributed by atoms with van der Waals surface area (Å²) in [6, 6.07) is 15.2. The van der Waals surface area contributed by atoms with Crippen LogP contribution < -0.4 is 0 Å². The Morgan fingerprint density at radius 1 is 0.857 bits per heavy atom. The van der Waals surface area contributed by atoms with Gasteiger partial charge in [-0.15, -0.1) is 0 Å². The highest BCUT2D eigenvalue weighted by Gasteiger charge is 2.05. The van der Waals surface area contributed by atoms with Crippen LogP contribution in [-0.2, 0) is 0 Å². The monoisotopic (exact) mass is 178 g/mol. The summed E-state index contributed by atoms with van der Waals surface area (Å²) in [6.07, 6.45) is 0. The molecule has 0 amide bonds. The Balaban J connectivity index is 2.94. The van der Waals surface area contributed by atoms with E-state index in [-0.39, 0.29) is 0 Å². The summed E-state index contributed by atoms with van der Waals surface area (Å²) in [5, 5.41) is 19.6. The zero-order valence-corrected chi connectivity index (χ0v) is 7.36. The summed E-state index contributed by atoms with van der Waals surface area (Å²) in [6.45, 7) is 0. The standard InChI is InChI=1S/C12H6N2/c13-7-10-6-5-9-3-1-2-4-11(9)12(10)8-14/h1-6H. The molecule has 2 heteroatoms. The van der Waals surface area contributed by atoms with E-state index < -0.39 is 0 Å². The fraction of sp³-hybridized carbons (Fsp3) is 0. The van der Waals surface area contributed by atoms with Gasteiger partial charge in [-0.05, 0) is 11.5 Å². The fourth-order valence-corrected chi connectivity index (χ4v) is 1.49. The zero-order chi connectivity index (χ0) is 9.97. The predicted octanol–water partition coefficient (Wildman–Crippen LogP) is 2.58. The first-order valence-corrected chi connectivity index (χ1v) is 4.19. The summed E-state index contributed by atoms with van der Waals surface area (Å²) >= 11 is 0. The topological polar surface area (TPSA) is 47.6 Å². The second-order valence-electron chi connectivity index (χ2n) is 2.93. The van der Waals surface area contributed by atoms with Crippen LogP contribution in [0.25, 0.3) is 10.8 Å².